The van der Waals surface area contributed by atoms with Crippen LogP contribution in [0.2, 0.25) is 0 Å². The van der Waals surface area contributed by atoms with Gasteiger partial charge in [0, 0.05) is 49.3 Å². The Kier molecular flexibility index (Phi) is 5.18. The first kappa shape index (κ1) is 20.0. The third-order valence-electron chi connectivity index (χ3n) is 5.80. The minimum Gasteiger partial charge on any atom is -0.361 e. The fourth-order valence-corrected chi connectivity index (χ4v) is 4.04. The summed E-state index contributed by atoms with van der Waals surface area (Å²) in [7, 11) is 0. The lowest BCUT2D eigenvalue weighted by molar-refractivity contribution is -0.131. The van der Waals surface area contributed by atoms with E-state index in [1.165, 1.54) is 12.1 Å². The highest BCUT2D eigenvalue weighted by atomic mass is 19.1. The quantitative estimate of drug-likeness (QED) is 0.535. The van der Waals surface area contributed by atoms with Gasteiger partial charge >= 0.3 is 0 Å². The molecule has 2 amide bonds. The topological polar surface area (TPSA) is 82.4 Å². The van der Waals surface area contributed by atoms with Crippen molar-refractivity contribution in [3.63, 3.8) is 0 Å². The van der Waals surface area contributed by atoms with Crippen molar-refractivity contribution in [2.45, 2.75) is 6.42 Å². The number of benzene rings is 2. The maximum atomic E-state index is 14.0. The Balaban J connectivity index is 1.21. The van der Waals surface area contributed by atoms with E-state index in [1.54, 1.807) is 28.0 Å². The van der Waals surface area contributed by atoms with E-state index >= 15 is 0 Å². The molecule has 0 saturated carbocycles. The lowest BCUT2D eigenvalue weighted by atomic mass is 10.1. The molecule has 1 saturated heterocycles. The zero-order valence-corrected chi connectivity index (χ0v) is 17.3. The van der Waals surface area contributed by atoms with Crippen LogP contribution < -0.4 is 0 Å². The first-order valence-corrected chi connectivity index (χ1v) is 10.4. The Morgan fingerprint density at radius 2 is 1.72 bits per heavy atom. The molecule has 1 aliphatic heterocycles. The van der Waals surface area contributed by atoms with Crippen molar-refractivity contribution in [1.29, 1.82) is 0 Å². The van der Waals surface area contributed by atoms with Gasteiger partial charge in [-0.05, 0) is 23.8 Å². The van der Waals surface area contributed by atoms with E-state index in [-0.39, 0.29) is 28.8 Å². The number of para-hydroxylation sites is 1. The van der Waals surface area contributed by atoms with Gasteiger partial charge in [-0.2, -0.15) is 0 Å². The molecule has 0 unspecified atom stereocenters. The van der Waals surface area contributed by atoms with Crippen molar-refractivity contribution < 1.29 is 18.5 Å². The molecule has 8 heteroatoms. The van der Waals surface area contributed by atoms with Crippen molar-refractivity contribution >= 4 is 22.7 Å². The number of nitrogens with zero attached hydrogens (tertiary/aromatic N) is 3. The van der Waals surface area contributed by atoms with E-state index in [9.17, 15) is 14.0 Å². The molecule has 0 aliphatic carbocycles. The average molecular weight is 432 g/mol. The van der Waals surface area contributed by atoms with Crippen molar-refractivity contribution in [2.24, 2.45) is 0 Å². The summed E-state index contributed by atoms with van der Waals surface area (Å²) in [5.41, 5.74) is 2.36. The molecule has 2 aromatic heterocycles. The van der Waals surface area contributed by atoms with Gasteiger partial charge in [-0.15, -0.1) is 0 Å². The average Bonchev–Trinajstić information content (AvgIpc) is 3.47. The zero-order valence-electron chi connectivity index (χ0n) is 17.3. The van der Waals surface area contributed by atoms with Crippen LogP contribution >= 0.6 is 0 Å². The second kappa shape index (κ2) is 8.30. The Morgan fingerprint density at radius 3 is 2.53 bits per heavy atom. The number of hydrogen-bond donors (Lipinski definition) is 1. The third-order valence-corrected chi connectivity index (χ3v) is 5.80. The van der Waals surface area contributed by atoms with Crippen LogP contribution in [0.25, 0.3) is 22.2 Å². The highest BCUT2D eigenvalue weighted by Gasteiger charge is 2.27. The minimum atomic E-state index is -0.440. The van der Waals surface area contributed by atoms with Gasteiger partial charge in [0.15, 0.2) is 11.5 Å². The van der Waals surface area contributed by atoms with Crippen LogP contribution in [0.5, 0.6) is 0 Å². The van der Waals surface area contributed by atoms with Gasteiger partial charge in [0.25, 0.3) is 5.91 Å². The maximum Gasteiger partial charge on any atom is 0.276 e. The minimum absolute atomic E-state index is 0.0325. The van der Waals surface area contributed by atoms with Crippen LogP contribution in [0, 0.1) is 5.82 Å². The van der Waals surface area contributed by atoms with Gasteiger partial charge in [0.2, 0.25) is 5.91 Å². The van der Waals surface area contributed by atoms with Crippen LogP contribution in [0.1, 0.15) is 16.1 Å². The highest BCUT2D eigenvalue weighted by Crippen LogP contribution is 2.24. The normalized spacial score (nSPS) is 14.2. The zero-order chi connectivity index (χ0) is 22.1. The van der Waals surface area contributed by atoms with E-state index in [1.807, 2.05) is 30.5 Å². The molecule has 0 spiro atoms. The first-order chi connectivity index (χ1) is 15.6. The molecule has 2 aromatic carbocycles. The molecule has 0 bridgehead atoms. The molecule has 162 valence electrons. The fraction of sp³-hybridized carbons (Fsp3) is 0.208. The monoisotopic (exact) mass is 432 g/mol. The van der Waals surface area contributed by atoms with Crippen molar-refractivity contribution in [3.8, 4) is 11.3 Å². The summed E-state index contributed by atoms with van der Waals surface area (Å²) >= 11 is 0. The predicted molar refractivity (Wildman–Crippen MR) is 116 cm³/mol. The molecule has 1 N–H and O–H groups in total. The summed E-state index contributed by atoms with van der Waals surface area (Å²) in [4.78, 5) is 32.2. The molecule has 0 radical (unpaired) electrons. The summed E-state index contributed by atoms with van der Waals surface area (Å²) in [6.07, 6.45) is 2.19. The maximum absolute atomic E-state index is 14.0. The summed E-state index contributed by atoms with van der Waals surface area (Å²) in [6, 6.07) is 15.5. The number of aromatic nitrogens is 2. The molecule has 7 nitrogen and oxygen atoms in total. The Bertz CT molecular complexity index is 1290. The Labute approximate surface area is 183 Å². The number of nitrogens with one attached hydrogen (secondary N) is 1. The SMILES string of the molecule is O=C(Cc1c[nH]c2ccccc12)N1CCN(C(=O)c2cc(-c3ccccc3F)on2)CC1. The van der Waals surface area contributed by atoms with Crippen LogP contribution in [0.15, 0.2) is 65.3 Å². The molecule has 3 heterocycles. The predicted octanol–water partition coefficient (Wildman–Crippen LogP) is 3.49. The fourth-order valence-electron chi connectivity index (χ4n) is 4.04. The van der Waals surface area contributed by atoms with E-state index in [4.69, 9.17) is 4.52 Å². The second-order valence-electron chi connectivity index (χ2n) is 7.77. The van der Waals surface area contributed by atoms with Crippen LogP contribution in [0.3, 0.4) is 0 Å². The molecular formula is C24H21FN4O3. The lowest BCUT2D eigenvalue weighted by Crippen LogP contribution is -2.51. The molecule has 32 heavy (non-hydrogen) atoms. The second-order valence-corrected chi connectivity index (χ2v) is 7.77. The number of rotatable bonds is 4. The van der Waals surface area contributed by atoms with Gasteiger partial charge in [0.05, 0.1) is 12.0 Å². The van der Waals surface area contributed by atoms with Gasteiger partial charge in [-0.1, -0.05) is 35.5 Å². The van der Waals surface area contributed by atoms with Crippen LogP contribution in [0.4, 0.5) is 4.39 Å². The number of carbonyl (C=O) groups excluding carboxylic acids is 2. The van der Waals surface area contributed by atoms with Crippen molar-refractivity contribution in [2.75, 3.05) is 26.2 Å². The first-order valence-electron chi connectivity index (χ1n) is 10.4. The largest absolute Gasteiger partial charge is 0.361 e. The number of fused-ring (bicyclic) bond motifs is 1. The number of hydrogen-bond acceptors (Lipinski definition) is 4. The number of piperazine rings is 1. The van der Waals surface area contributed by atoms with Gasteiger partial charge in [-0.25, -0.2) is 4.39 Å². The van der Waals surface area contributed by atoms with Gasteiger partial charge in [-0.3, -0.25) is 9.59 Å². The Hall–Kier alpha value is -3.94. The van der Waals surface area contributed by atoms with Crippen molar-refractivity contribution in [1.82, 2.24) is 19.9 Å². The summed E-state index contributed by atoms with van der Waals surface area (Å²) in [6.45, 7) is 1.70. The smallest absolute Gasteiger partial charge is 0.276 e. The van der Waals surface area contributed by atoms with E-state index < -0.39 is 5.82 Å². The molecular weight excluding hydrogens is 411 g/mol. The highest BCUT2D eigenvalue weighted by molar-refractivity contribution is 5.93. The molecule has 4 aromatic rings. The standard InChI is InChI=1S/C24H21FN4O3/c25-19-7-3-1-6-18(19)22-14-21(27-32-22)24(31)29-11-9-28(10-12-29)23(30)13-16-15-26-20-8-4-2-5-17(16)20/h1-8,14-15,26H,9-13H2. The summed E-state index contributed by atoms with van der Waals surface area (Å²) in [5.74, 6) is -0.492. The number of aromatic amines is 1. The van der Waals surface area contributed by atoms with E-state index in [0.29, 0.717) is 32.6 Å². The van der Waals surface area contributed by atoms with Crippen LogP contribution in [-0.2, 0) is 11.2 Å². The number of amides is 2. The van der Waals surface area contributed by atoms with Crippen LogP contribution in [-0.4, -0.2) is 57.9 Å². The molecule has 5 rings (SSSR count). The molecule has 1 fully saturated rings. The molecule has 1 aliphatic rings. The number of carbonyl (C=O) groups is 2. The number of halogens is 1. The summed E-state index contributed by atoms with van der Waals surface area (Å²) in [5, 5.41) is 4.87. The number of H-pyrrole nitrogens is 1. The van der Waals surface area contributed by atoms with E-state index in [2.05, 4.69) is 10.1 Å². The van der Waals surface area contributed by atoms with E-state index in [0.717, 1.165) is 16.5 Å². The van der Waals surface area contributed by atoms with Gasteiger partial charge in [0.1, 0.15) is 5.82 Å². The Morgan fingerprint density at radius 1 is 1.00 bits per heavy atom. The van der Waals surface area contributed by atoms with Crippen molar-refractivity contribution in [3.05, 3.63) is 77.9 Å². The van der Waals surface area contributed by atoms with Gasteiger partial charge < -0.3 is 19.3 Å². The summed E-state index contributed by atoms with van der Waals surface area (Å²) < 4.78 is 19.1. The third kappa shape index (κ3) is 3.75. The molecule has 0 atom stereocenters. The lowest BCUT2D eigenvalue weighted by Gasteiger charge is -2.34.